The zero-order chi connectivity index (χ0) is 21.6. The molecule has 160 valence electrons. The Morgan fingerprint density at radius 3 is 2.07 bits per heavy atom. The molecule has 2 aliphatic carbocycles. The van der Waals surface area contributed by atoms with Gasteiger partial charge in [-0.2, -0.15) is 0 Å². The maximum atomic E-state index is 6.87. The lowest BCUT2D eigenvalue weighted by molar-refractivity contribution is 0.0916. The number of rotatable bonds is 6. The van der Waals surface area contributed by atoms with Gasteiger partial charge in [0.25, 0.3) is 0 Å². The monoisotopic (exact) mass is 420 g/mol. The Hall–Kier alpha value is -0.346. The highest BCUT2D eigenvalue weighted by Gasteiger charge is 2.68. The van der Waals surface area contributed by atoms with Gasteiger partial charge in [-0.3, -0.25) is 0 Å². The summed E-state index contributed by atoms with van der Waals surface area (Å²) in [6.07, 6.45) is 14.5. The molecular weight excluding hydrogens is 376 g/mol. The number of hydrogen-bond acceptors (Lipinski definition) is 2. The third-order valence-electron chi connectivity index (χ3n) is 8.19. The van der Waals surface area contributed by atoms with E-state index in [0.29, 0.717) is 18.4 Å². The van der Waals surface area contributed by atoms with Crippen molar-refractivity contribution in [3.8, 4) is 12.3 Å². The fourth-order valence-electron chi connectivity index (χ4n) is 4.10. The third-order valence-corrected chi connectivity index (χ3v) is 17.2. The lowest BCUT2D eigenvalue weighted by Crippen LogP contribution is -2.47. The van der Waals surface area contributed by atoms with Gasteiger partial charge in [0.15, 0.2) is 16.6 Å². The van der Waals surface area contributed by atoms with E-state index in [1.54, 1.807) is 0 Å². The minimum Gasteiger partial charge on any atom is -0.413 e. The van der Waals surface area contributed by atoms with E-state index in [4.69, 9.17) is 15.3 Å². The average molecular weight is 421 g/mol. The molecule has 0 unspecified atom stereocenters. The molecule has 0 aromatic carbocycles. The Labute approximate surface area is 177 Å². The van der Waals surface area contributed by atoms with Crippen LogP contribution in [0.4, 0.5) is 0 Å². The van der Waals surface area contributed by atoms with Crippen LogP contribution >= 0.6 is 0 Å². The molecule has 2 rings (SSSR count). The van der Waals surface area contributed by atoms with Crippen molar-refractivity contribution in [2.24, 2.45) is 17.3 Å². The van der Waals surface area contributed by atoms with Crippen LogP contribution < -0.4 is 0 Å². The Balaban J connectivity index is 2.07. The van der Waals surface area contributed by atoms with Crippen molar-refractivity contribution >= 4 is 16.6 Å². The normalized spacial score (nSPS) is 31.5. The number of hydrogen-bond donors (Lipinski definition) is 0. The highest BCUT2D eigenvalue weighted by Crippen LogP contribution is 2.68. The second-order valence-corrected chi connectivity index (χ2v) is 21.6. The minimum absolute atomic E-state index is 0.0821. The standard InChI is InChI=1S/C24H44O2Si2/c1-12-24-19(15-13-17-21(24)26-28(10,11)23(5,6)7)20(24)16-14-18-25-27(8,9)22(2,3)4/h1,14,16,19-21H,13,15,17-18H2,2-11H3/b16-14+/t19-,20-,21-,24-/m1/s1. The molecule has 28 heavy (non-hydrogen) atoms. The molecule has 0 aliphatic heterocycles. The van der Waals surface area contributed by atoms with E-state index in [2.05, 4.69) is 85.8 Å². The van der Waals surface area contributed by atoms with E-state index in [-0.39, 0.29) is 21.6 Å². The Morgan fingerprint density at radius 1 is 1.00 bits per heavy atom. The van der Waals surface area contributed by atoms with Gasteiger partial charge >= 0.3 is 0 Å². The smallest absolute Gasteiger partial charge is 0.192 e. The molecule has 4 heteroatoms. The van der Waals surface area contributed by atoms with Crippen LogP contribution in [0.25, 0.3) is 0 Å². The Morgan fingerprint density at radius 2 is 1.57 bits per heavy atom. The van der Waals surface area contributed by atoms with Crippen LogP contribution in [-0.2, 0) is 8.85 Å². The molecule has 2 saturated carbocycles. The number of allylic oxidation sites excluding steroid dienone is 1. The first kappa shape index (κ1) is 23.9. The summed E-state index contributed by atoms with van der Waals surface area (Å²) in [6.45, 7) is 23.8. The van der Waals surface area contributed by atoms with Crippen molar-refractivity contribution in [3.63, 3.8) is 0 Å². The molecule has 0 bridgehead atoms. The van der Waals surface area contributed by atoms with Crippen molar-refractivity contribution in [2.45, 2.75) is 103 Å². The molecule has 0 saturated heterocycles. The summed E-state index contributed by atoms with van der Waals surface area (Å²) in [4.78, 5) is 0. The number of terminal acetylenes is 1. The second kappa shape index (κ2) is 7.72. The van der Waals surface area contributed by atoms with Crippen LogP contribution in [0.3, 0.4) is 0 Å². The maximum Gasteiger partial charge on any atom is 0.192 e. The van der Waals surface area contributed by atoms with Gasteiger partial charge in [-0.1, -0.05) is 66.0 Å². The molecule has 0 N–H and O–H groups in total. The van der Waals surface area contributed by atoms with Crippen molar-refractivity contribution in [1.29, 1.82) is 0 Å². The van der Waals surface area contributed by atoms with Gasteiger partial charge in [0.2, 0.25) is 0 Å². The maximum absolute atomic E-state index is 6.87. The van der Waals surface area contributed by atoms with E-state index in [9.17, 15) is 0 Å². The number of fused-ring (bicyclic) bond motifs is 1. The summed E-state index contributed by atoms with van der Waals surface area (Å²) < 4.78 is 13.2. The van der Waals surface area contributed by atoms with Gasteiger partial charge in [-0.05, 0) is 55.0 Å². The molecule has 0 aromatic heterocycles. The molecule has 0 radical (unpaired) electrons. The predicted octanol–water partition coefficient (Wildman–Crippen LogP) is 7.00. The van der Waals surface area contributed by atoms with Crippen molar-refractivity contribution in [2.75, 3.05) is 6.61 Å². The zero-order valence-corrected chi connectivity index (χ0v) is 22.1. The van der Waals surface area contributed by atoms with Crippen molar-refractivity contribution < 1.29 is 8.85 Å². The van der Waals surface area contributed by atoms with Gasteiger partial charge in [-0.25, -0.2) is 0 Å². The second-order valence-electron chi connectivity index (χ2n) is 12.0. The van der Waals surface area contributed by atoms with Gasteiger partial charge < -0.3 is 8.85 Å². The highest BCUT2D eigenvalue weighted by atomic mass is 28.4. The summed E-state index contributed by atoms with van der Waals surface area (Å²) in [6, 6.07) is 0. The summed E-state index contributed by atoms with van der Waals surface area (Å²) in [5, 5.41) is 0.462. The zero-order valence-electron chi connectivity index (χ0n) is 20.1. The van der Waals surface area contributed by atoms with Crippen molar-refractivity contribution in [1.82, 2.24) is 0 Å². The molecular formula is C24H44O2Si2. The quantitative estimate of drug-likeness (QED) is 0.261. The van der Waals surface area contributed by atoms with E-state index in [1.165, 1.54) is 12.8 Å². The largest absolute Gasteiger partial charge is 0.413 e. The van der Waals surface area contributed by atoms with Crippen LogP contribution in [0.15, 0.2) is 12.2 Å². The molecule has 2 nitrogen and oxygen atoms in total. The predicted molar refractivity (Wildman–Crippen MR) is 126 cm³/mol. The van der Waals surface area contributed by atoms with E-state index < -0.39 is 16.6 Å². The van der Waals surface area contributed by atoms with Crippen LogP contribution in [0, 0.1) is 29.6 Å². The average Bonchev–Trinajstić information content (AvgIpc) is 3.18. The fraction of sp³-hybridized carbons (Fsp3) is 0.833. The Bertz CT molecular complexity index is 630. The molecule has 4 atom stereocenters. The van der Waals surface area contributed by atoms with Crippen LogP contribution in [0.5, 0.6) is 0 Å². The topological polar surface area (TPSA) is 18.5 Å². The summed E-state index contributed by atoms with van der Waals surface area (Å²) in [7, 11) is -3.52. The SMILES string of the molecule is C#C[C@]12[C@H](/C=C/CO[Si](C)(C)C(C)(C)C)[C@H]1CCC[C@H]2O[Si](C)(C)C(C)(C)C. The first-order chi connectivity index (χ1) is 12.6. The summed E-state index contributed by atoms with van der Waals surface area (Å²) in [5.41, 5.74) is -0.0821. The lowest BCUT2D eigenvalue weighted by atomic mass is 9.86. The molecule has 0 spiro atoms. The van der Waals surface area contributed by atoms with Gasteiger partial charge in [-0.15, -0.1) is 6.42 Å². The van der Waals surface area contributed by atoms with Gasteiger partial charge in [0, 0.05) is 5.92 Å². The fourth-order valence-corrected chi connectivity index (χ4v) is 6.42. The molecule has 0 amide bonds. The molecule has 0 aromatic rings. The first-order valence-corrected chi connectivity index (χ1v) is 16.9. The Kier molecular flexibility index (Phi) is 6.60. The molecule has 0 heterocycles. The van der Waals surface area contributed by atoms with Crippen molar-refractivity contribution in [3.05, 3.63) is 12.2 Å². The molecule has 2 aliphatic rings. The van der Waals surface area contributed by atoms with E-state index in [0.717, 1.165) is 6.42 Å². The van der Waals surface area contributed by atoms with Crippen LogP contribution in [0.2, 0.25) is 36.3 Å². The first-order valence-electron chi connectivity index (χ1n) is 11.1. The third kappa shape index (κ3) is 4.38. The highest BCUT2D eigenvalue weighted by molar-refractivity contribution is 6.74. The van der Waals surface area contributed by atoms with Gasteiger partial charge in [0.05, 0.1) is 18.1 Å². The van der Waals surface area contributed by atoms with E-state index >= 15 is 0 Å². The van der Waals surface area contributed by atoms with E-state index in [1.807, 2.05) is 0 Å². The van der Waals surface area contributed by atoms with Crippen LogP contribution in [0.1, 0.15) is 60.8 Å². The van der Waals surface area contributed by atoms with Crippen LogP contribution in [-0.4, -0.2) is 29.3 Å². The lowest BCUT2D eigenvalue weighted by Gasteiger charge is -2.42. The summed E-state index contributed by atoms with van der Waals surface area (Å²) >= 11 is 0. The molecule has 2 fully saturated rings. The summed E-state index contributed by atoms with van der Waals surface area (Å²) in [5.74, 6) is 4.27. The minimum atomic E-state index is -1.82. The van der Waals surface area contributed by atoms with Gasteiger partial charge in [0.1, 0.15) is 0 Å².